The lowest BCUT2D eigenvalue weighted by Gasteiger charge is -2.30. The standard InChI is InChI=1S/C19H28N4O/c24-19(15-12-13-7-8-14(15)11-13)22-10-4-5-16(22)18-21-20-17-6-2-1-3-9-23(17)18/h13-16H,1-12H2/t13-,14-,15-,16-/m0/s1. The van der Waals surface area contributed by atoms with Crippen LogP contribution >= 0.6 is 0 Å². The summed E-state index contributed by atoms with van der Waals surface area (Å²) in [5.74, 6) is 4.43. The maximum Gasteiger partial charge on any atom is 0.226 e. The van der Waals surface area contributed by atoms with E-state index in [9.17, 15) is 4.79 Å². The summed E-state index contributed by atoms with van der Waals surface area (Å²) in [6, 6.07) is 0.177. The second-order valence-electron chi connectivity index (χ2n) is 8.41. The quantitative estimate of drug-likeness (QED) is 0.838. The molecule has 2 aliphatic carbocycles. The molecule has 1 aromatic rings. The van der Waals surface area contributed by atoms with Gasteiger partial charge in [-0.3, -0.25) is 4.79 Å². The second-order valence-corrected chi connectivity index (χ2v) is 8.41. The zero-order valence-electron chi connectivity index (χ0n) is 14.5. The fraction of sp³-hybridized carbons (Fsp3) is 0.842. The van der Waals surface area contributed by atoms with Gasteiger partial charge in [0, 0.05) is 25.4 Å². The molecule has 4 aliphatic rings. The summed E-state index contributed by atoms with van der Waals surface area (Å²) in [6.07, 6.45) is 12.0. The summed E-state index contributed by atoms with van der Waals surface area (Å²) in [5.41, 5.74) is 0. The van der Waals surface area contributed by atoms with Crippen molar-refractivity contribution < 1.29 is 4.79 Å². The molecule has 3 heterocycles. The maximum atomic E-state index is 13.2. The Morgan fingerprint density at radius 2 is 1.92 bits per heavy atom. The van der Waals surface area contributed by atoms with Gasteiger partial charge in [0.2, 0.25) is 5.91 Å². The highest BCUT2D eigenvalue weighted by molar-refractivity contribution is 5.80. The Bertz CT molecular complexity index is 639. The summed E-state index contributed by atoms with van der Waals surface area (Å²) < 4.78 is 2.34. The van der Waals surface area contributed by atoms with Crippen molar-refractivity contribution >= 4 is 5.91 Å². The Morgan fingerprint density at radius 3 is 2.75 bits per heavy atom. The van der Waals surface area contributed by atoms with E-state index in [1.165, 1.54) is 38.5 Å². The van der Waals surface area contributed by atoms with Crippen LogP contribution < -0.4 is 0 Å². The molecule has 0 aromatic carbocycles. The van der Waals surface area contributed by atoms with Gasteiger partial charge in [-0.25, -0.2) is 0 Å². The molecule has 2 aliphatic heterocycles. The molecule has 1 amide bonds. The lowest BCUT2D eigenvalue weighted by Crippen LogP contribution is -2.38. The van der Waals surface area contributed by atoms with Crippen molar-refractivity contribution in [3.63, 3.8) is 0 Å². The predicted octanol–water partition coefficient (Wildman–Crippen LogP) is 3.10. The topological polar surface area (TPSA) is 51.0 Å². The molecular formula is C19H28N4O. The van der Waals surface area contributed by atoms with Crippen molar-refractivity contribution in [2.75, 3.05) is 6.54 Å². The Labute approximate surface area is 143 Å². The molecule has 0 N–H and O–H groups in total. The minimum atomic E-state index is 0.177. The van der Waals surface area contributed by atoms with Crippen LogP contribution in [0.15, 0.2) is 0 Å². The fourth-order valence-corrected chi connectivity index (χ4v) is 5.81. The van der Waals surface area contributed by atoms with E-state index in [0.29, 0.717) is 17.7 Å². The molecule has 5 rings (SSSR count). The minimum Gasteiger partial charge on any atom is -0.332 e. The molecule has 5 heteroatoms. The smallest absolute Gasteiger partial charge is 0.226 e. The number of amides is 1. The number of aromatic nitrogens is 3. The number of aryl methyl sites for hydroxylation is 1. The Balaban J connectivity index is 1.40. The van der Waals surface area contributed by atoms with Crippen molar-refractivity contribution in [2.24, 2.45) is 17.8 Å². The van der Waals surface area contributed by atoms with Crippen LogP contribution in [0.5, 0.6) is 0 Å². The number of fused-ring (bicyclic) bond motifs is 3. The first-order valence-corrected chi connectivity index (χ1v) is 10.0. The summed E-state index contributed by atoms with van der Waals surface area (Å²) >= 11 is 0. The molecule has 4 atom stereocenters. The molecule has 2 bridgehead atoms. The van der Waals surface area contributed by atoms with E-state index in [-0.39, 0.29) is 6.04 Å². The van der Waals surface area contributed by atoms with Crippen LogP contribution in [0.1, 0.15) is 75.5 Å². The SMILES string of the molecule is O=C([C@H]1C[C@H]2CC[C@H]1C2)N1CCC[C@H]1c1nnc2n1CCCCC2. The highest BCUT2D eigenvalue weighted by Crippen LogP contribution is 2.50. The first-order chi connectivity index (χ1) is 11.8. The monoisotopic (exact) mass is 328 g/mol. The fourth-order valence-electron chi connectivity index (χ4n) is 5.81. The van der Waals surface area contributed by atoms with E-state index in [2.05, 4.69) is 19.7 Å². The van der Waals surface area contributed by atoms with Crippen LogP contribution in [0.2, 0.25) is 0 Å². The summed E-state index contributed by atoms with van der Waals surface area (Å²) in [6.45, 7) is 1.95. The van der Waals surface area contributed by atoms with E-state index in [0.717, 1.165) is 56.3 Å². The first-order valence-electron chi connectivity index (χ1n) is 10.0. The lowest BCUT2D eigenvalue weighted by molar-refractivity contribution is -0.138. The molecular weight excluding hydrogens is 300 g/mol. The van der Waals surface area contributed by atoms with E-state index < -0.39 is 0 Å². The number of carbonyl (C=O) groups is 1. The maximum absolute atomic E-state index is 13.2. The molecule has 130 valence electrons. The average molecular weight is 328 g/mol. The third-order valence-electron chi connectivity index (χ3n) is 7.03. The van der Waals surface area contributed by atoms with Gasteiger partial charge in [-0.05, 0) is 56.8 Å². The molecule has 24 heavy (non-hydrogen) atoms. The van der Waals surface area contributed by atoms with Crippen LogP contribution in [-0.2, 0) is 17.8 Å². The molecule has 0 spiro atoms. The number of hydrogen-bond acceptors (Lipinski definition) is 3. The van der Waals surface area contributed by atoms with E-state index in [1.807, 2.05) is 0 Å². The van der Waals surface area contributed by atoms with E-state index >= 15 is 0 Å². The zero-order valence-corrected chi connectivity index (χ0v) is 14.5. The van der Waals surface area contributed by atoms with E-state index in [1.54, 1.807) is 0 Å². The van der Waals surface area contributed by atoms with Crippen LogP contribution in [0.25, 0.3) is 0 Å². The van der Waals surface area contributed by atoms with Gasteiger partial charge in [0.15, 0.2) is 5.82 Å². The van der Waals surface area contributed by atoms with Gasteiger partial charge in [0.1, 0.15) is 5.82 Å². The van der Waals surface area contributed by atoms with Gasteiger partial charge in [-0.2, -0.15) is 0 Å². The third-order valence-corrected chi connectivity index (χ3v) is 7.03. The van der Waals surface area contributed by atoms with Crippen molar-refractivity contribution in [1.82, 2.24) is 19.7 Å². The van der Waals surface area contributed by atoms with Crippen LogP contribution in [0.3, 0.4) is 0 Å². The number of hydrogen-bond donors (Lipinski definition) is 0. The van der Waals surface area contributed by atoms with Gasteiger partial charge in [-0.15, -0.1) is 10.2 Å². The van der Waals surface area contributed by atoms with Gasteiger partial charge < -0.3 is 9.47 Å². The first kappa shape index (κ1) is 14.9. The third kappa shape index (κ3) is 2.31. The Kier molecular flexibility index (Phi) is 3.64. The molecule has 0 unspecified atom stereocenters. The van der Waals surface area contributed by atoms with E-state index in [4.69, 9.17) is 0 Å². The molecule has 0 radical (unpaired) electrons. The molecule has 5 nitrogen and oxygen atoms in total. The minimum absolute atomic E-state index is 0.177. The molecule has 3 fully saturated rings. The number of rotatable bonds is 2. The summed E-state index contributed by atoms with van der Waals surface area (Å²) in [4.78, 5) is 15.4. The second kappa shape index (κ2) is 5.85. The Hall–Kier alpha value is -1.39. The van der Waals surface area contributed by atoms with Crippen LogP contribution in [-0.4, -0.2) is 32.1 Å². The summed E-state index contributed by atoms with van der Waals surface area (Å²) in [7, 11) is 0. The van der Waals surface area contributed by atoms with Gasteiger partial charge in [0.05, 0.1) is 6.04 Å². The number of likely N-dealkylation sites (tertiary alicyclic amines) is 1. The normalized spacial score (nSPS) is 35.2. The van der Waals surface area contributed by atoms with Gasteiger partial charge in [-0.1, -0.05) is 12.8 Å². The van der Waals surface area contributed by atoms with Crippen molar-refractivity contribution in [3.05, 3.63) is 11.6 Å². The highest BCUT2D eigenvalue weighted by Gasteiger charge is 2.46. The zero-order chi connectivity index (χ0) is 16.1. The molecule has 1 saturated heterocycles. The molecule has 1 aromatic heterocycles. The summed E-state index contributed by atoms with van der Waals surface area (Å²) in [5, 5.41) is 9.01. The van der Waals surface area contributed by atoms with Crippen molar-refractivity contribution in [1.29, 1.82) is 0 Å². The predicted molar refractivity (Wildman–Crippen MR) is 90.2 cm³/mol. The van der Waals surface area contributed by atoms with Crippen molar-refractivity contribution in [2.45, 2.75) is 76.8 Å². The van der Waals surface area contributed by atoms with Crippen LogP contribution in [0.4, 0.5) is 0 Å². The van der Waals surface area contributed by atoms with Crippen molar-refractivity contribution in [3.8, 4) is 0 Å². The number of nitrogens with zero attached hydrogens (tertiary/aromatic N) is 4. The van der Waals surface area contributed by atoms with Crippen LogP contribution in [0, 0.1) is 17.8 Å². The number of carbonyl (C=O) groups excluding carboxylic acids is 1. The largest absolute Gasteiger partial charge is 0.332 e. The average Bonchev–Trinajstić information content (AvgIpc) is 3.35. The Morgan fingerprint density at radius 1 is 0.958 bits per heavy atom. The lowest BCUT2D eigenvalue weighted by atomic mass is 9.87. The van der Waals surface area contributed by atoms with Gasteiger partial charge >= 0.3 is 0 Å². The highest BCUT2D eigenvalue weighted by atomic mass is 16.2. The molecule has 2 saturated carbocycles. The van der Waals surface area contributed by atoms with Gasteiger partial charge in [0.25, 0.3) is 0 Å².